The highest BCUT2D eigenvalue weighted by atomic mass is 16.5. The van der Waals surface area contributed by atoms with Gasteiger partial charge < -0.3 is 9.84 Å². The Kier molecular flexibility index (Phi) is 3.17. The van der Waals surface area contributed by atoms with E-state index >= 15 is 0 Å². The summed E-state index contributed by atoms with van der Waals surface area (Å²) in [6, 6.07) is 5.86. The van der Waals surface area contributed by atoms with E-state index in [1.54, 1.807) is 6.07 Å². The molecule has 1 saturated heterocycles. The van der Waals surface area contributed by atoms with Crippen molar-refractivity contribution in [2.75, 3.05) is 0 Å². The summed E-state index contributed by atoms with van der Waals surface area (Å²) in [5, 5.41) is 9.72. The van der Waals surface area contributed by atoms with Crippen molar-refractivity contribution < 1.29 is 9.84 Å². The van der Waals surface area contributed by atoms with Crippen LogP contribution < -0.4 is 0 Å². The van der Waals surface area contributed by atoms with Gasteiger partial charge in [-0.1, -0.05) is 17.7 Å². The molecule has 3 atom stereocenters. The highest BCUT2D eigenvalue weighted by Crippen LogP contribution is 2.51. The number of rotatable bonds is 1. The molecule has 1 aromatic carbocycles. The zero-order valence-corrected chi connectivity index (χ0v) is 12.8. The monoisotopic (exact) mass is 272 g/mol. The average molecular weight is 272 g/mol. The van der Waals surface area contributed by atoms with Gasteiger partial charge in [-0.05, 0) is 69.7 Å². The fraction of sp³-hybridized carbons (Fsp3) is 0.556. The molecule has 0 unspecified atom stereocenters. The normalized spacial score (nSPS) is 31.8. The van der Waals surface area contributed by atoms with Crippen LogP contribution in [0.15, 0.2) is 29.8 Å². The smallest absolute Gasteiger partial charge is 0.118 e. The summed E-state index contributed by atoms with van der Waals surface area (Å²) in [4.78, 5) is 0. The first-order valence-electron chi connectivity index (χ1n) is 7.52. The summed E-state index contributed by atoms with van der Waals surface area (Å²) in [6.45, 7) is 8.59. The van der Waals surface area contributed by atoms with Crippen LogP contribution in [0.5, 0.6) is 5.75 Å². The topological polar surface area (TPSA) is 29.5 Å². The van der Waals surface area contributed by atoms with Gasteiger partial charge in [-0.2, -0.15) is 0 Å². The van der Waals surface area contributed by atoms with Crippen molar-refractivity contribution in [1.82, 2.24) is 0 Å². The lowest BCUT2D eigenvalue weighted by atomic mass is 9.69. The first-order valence-corrected chi connectivity index (χ1v) is 7.52. The third kappa shape index (κ3) is 2.16. The van der Waals surface area contributed by atoms with Gasteiger partial charge >= 0.3 is 0 Å². The van der Waals surface area contributed by atoms with Crippen LogP contribution >= 0.6 is 0 Å². The molecule has 2 nitrogen and oxygen atoms in total. The molecule has 1 fully saturated rings. The number of ether oxygens (including phenoxy) is 1. The van der Waals surface area contributed by atoms with Gasteiger partial charge in [0.05, 0.1) is 11.7 Å². The molecule has 20 heavy (non-hydrogen) atoms. The molecule has 0 spiro atoms. The molecule has 0 aromatic heterocycles. The SMILES string of the molecule is CC1=CC[C@@H]2C[C@H]1[C@H](c1ccc(O)c(C)c1)OC2(C)C. The fourth-order valence-electron chi connectivity index (χ4n) is 3.66. The summed E-state index contributed by atoms with van der Waals surface area (Å²) >= 11 is 0. The van der Waals surface area contributed by atoms with E-state index in [0.29, 0.717) is 17.6 Å². The molecule has 1 aliphatic heterocycles. The van der Waals surface area contributed by atoms with Crippen LogP contribution in [0.25, 0.3) is 0 Å². The summed E-state index contributed by atoms with van der Waals surface area (Å²) in [7, 11) is 0. The number of phenols is 1. The zero-order valence-electron chi connectivity index (χ0n) is 12.8. The molecule has 0 saturated carbocycles. The minimum Gasteiger partial charge on any atom is -0.508 e. The minimum atomic E-state index is -0.0792. The molecule has 0 amide bonds. The first kappa shape index (κ1) is 13.7. The number of phenolic OH excluding ortho intramolecular Hbond substituents is 1. The molecule has 2 bridgehead atoms. The third-order valence-electron chi connectivity index (χ3n) is 5.18. The fourth-order valence-corrected chi connectivity index (χ4v) is 3.66. The van der Waals surface area contributed by atoms with Crippen LogP contribution in [-0.4, -0.2) is 10.7 Å². The van der Waals surface area contributed by atoms with E-state index in [1.807, 2.05) is 13.0 Å². The Balaban J connectivity index is 2.00. The number of benzene rings is 1. The molecule has 108 valence electrons. The molecule has 1 heterocycles. The van der Waals surface area contributed by atoms with E-state index in [0.717, 1.165) is 12.0 Å². The van der Waals surface area contributed by atoms with Crippen LogP contribution in [0.1, 0.15) is 50.8 Å². The zero-order chi connectivity index (χ0) is 14.5. The number of hydrogen-bond acceptors (Lipinski definition) is 2. The Morgan fingerprint density at radius 3 is 2.70 bits per heavy atom. The lowest BCUT2D eigenvalue weighted by Gasteiger charge is -2.49. The van der Waals surface area contributed by atoms with Crippen LogP contribution in [0.3, 0.4) is 0 Å². The molecule has 1 N–H and O–H groups in total. The standard InChI is InChI=1S/C18H24O2/c1-11-5-7-14-10-15(11)17(20-18(14,3)4)13-6-8-16(19)12(2)9-13/h5-6,8-9,14-15,17,19H,7,10H2,1-4H3/t14-,15-,17+/m1/s1. The maximum atomic E-state index is 9.72. The van der Waals surface area contributed by atoms with Crippen LogP contribution in [0.2, 0.25) is 0 Å². The van der Waals surface area contributed by atoms with Gasteiger partial charge in [0.2, 0.25) is 0 Å². The van der Waals surface area contributed by atoms with Gasteiger partial charge in [-0.25, -0.2) is 0 Å². The molecular weight excluding hydrogens is 248 g/mol. The second kappa shape index (κ2) is 4.63. The minimum absolute atomic E-state index is 0.0792. The second-order valence-corrected chi connectivity index (χ2v) is 6.91. The molecule has 3 rings (SSSR count). The Bertz CT molecular complexity index is 557. The maximum absolute atomic E-state index is 9.72. The molecule has 2 heteroatoms. The number of aromatic hydroxyl groups is 1. The van der Waals surface area contributed by atoms with Crippen LogP contribution in [-0.2, 0) is 4.74 Å². The molecular formula is C18H24O2. The maximum Gasteiger partial charge on any atom is 0.118 e. The summed E-state index contributed by atoms with van der Waals surface area (Å²) in [5.74, 6) is 1.45. The molecule has 0 radical (unpaired) electrons. The highest BCUT2D eigenvalue weighted by molar-refractivity contribution is 5.37. The predicted octanol–water partition coefficient (Wildman–Crippen LogP) is 4.52. The van der Waals surface area contributed by atoms with Crippen molar-refractivity contribution in [3.8, 4) is 5.75 Å². The van der Waals surface area contributed by atoms with E-state index in [-0.39, 0.29) is 11.7 Å². The summed E-state index contributed by atoms with van der Waals surface area (Å²) in [5.41, 5.74) is 3.48. The number of allylic oxidation sites excluding steroid dienone is 1. The quantitative estimate of drug-likeness (QED) is 0.761. The summed E-state index contributed by atoms with van der Waals surface area (Å²) in [6.07, 6.45) is 4.84. The van der Waals surface area contributed by atoms with Gasteiger partial charge in [0.15, 0.2) is 0 Å². The Hall–Kier alpha value is -1.28. The average Bonchev–Trinajstić information content (AvgIpc) is 2.39. The van der Waals surface area contributed by atoms with Gasteiger partial charge in [0, 0.05) is 5.92 Å². The predicted molar refractivity (Wildman–Crippen MR) is 80.7 cm³/mol. The Morgan fingerprint density at radius 2 is 2.00 bits per heavy atom. The van der Waals surface area contributed by atoms with Gasteiger partial charge in [-0.3, -0.25) is 0 Å². The van der Waals surface area contributed by atoms with Crippen molar-refractivity contribution in [3.05, 3.63) is 41.0 Å². The number of fused-ring (bicyclic) bond motifs is 2. The number of hydrogen-bond donors (Lipinski definition) is 1. The molecule has 1 aromatic rings. The lowest BCUT2D eigenvalue weighted by molar-refractivity contribution is -0.166. The lowest BCUT2D eigenvalue weighted by Crippen LogP contribution is -2.45. The van der Waals surface area contributed by atoms with E-state index < -0.39 is 0 Å². The Morgan fingerprint density at radius 1 is 1.25 bits per heavy atom. The summed E-state index contributed by atoms with van der Waals surface area (Å²) < 4.78 is 6.47. The largest absolute Gasteiger partial charge is 0.508 e. The highest BCUT2D eigenvalue weighted by Gasteiger charge is 2.45. The number of aryl methyl sites for hydroxylation is 1. The van der Waals surface area contributed by atoms with Crippen molar-refractivity contribution in [2.24, 2.45) is 11.8 Å². The molecule has 2 aliphatic rings. The van der Waals surface area contributed by atoms with E-state index in [4.69, 9.17) is 4.74 Å². The van der Waals surface area contributed by atoms with Crippen molar-refractivity contribution in [1.29, 1.82) is 0 Å². The van der Waals surface area contributed by atoms with Gasteiger partial charge in [0.1, 0.15) is 5.75 Å². The first-order chi connectivity index (χ1) is 9.38. The van der Waals surface area contributed by atoms with E-state index in [1.165, 1.54) is 17.6 Å². The van der Waals surface area contributed by atoms with Crippen molar-refractivity contribution in [2.45, 2.75) is 52.2 Å². The van der Waals surface area contributed by atoms with Crippen LogP contribution in [0.4, 0.5) is 0 Å². The second-order valence-electron chi connectivity index (χ2n) is 6.91. The third-order valence-corrected chi connectivity index (χ3v) is 5.18. The van der Waals surface area contributed by atoms with Gasteiger partial charge in [0.25, 0.3) is 0 Å². The van der Waals surface area contributed by atoms with E-state index in [2.05, 4.69) is 32.9 Å². The van der Waals surface area contributed by atoms with Crippen molar-refractivity contribution >= 4 is 0 Å². The molecule has 1 aliphatic carbocycles. The van der Waals surface area contributed by atoms with Crippen LogP contribution in [0, 0.1) is 18.8 Å². The Labute approximate surface area is 121 Å². The van der Waals surface area contributed by atoms with Gasteiger partial charge in [-0.15, -0.1) is 0 Å². The van der Waals surface area contributed by atoms with E-state index in [9.17, 15) is 5.11 Å². The van der Waals surface area contributed by atoms with Crippen molar-refractivity contribution in [3.63, 3.8) is 0 Å².